The Balaban J connectivity index is 3.59. The van der Waals surface area contributed by atoms with E-state index in [9.17, 15) is 0 Å². The van der Waals surface area contributed by atoms with E-state index in [2.05, 4.69) is 13.2 Å². The van der Waals surface area contributed by atoms with E-state index < -0.39 is 0 Å². The van der Waals surface area contributed by atoms with E-state index >= 15 is 0 Å². The van der Waals surface area contributed by atoms with E-state index in [1.165, 1.54) is 0 Å². The molecule has 1 rings (SSSR count). The molecule has 1 aromatic rings. The van der Waals surface area contributed by atoms with Crippen molar-refractivity contribution in [3.05, 3.63) is 28.6 Å². The van der Waals surface area contributed by atoms with Gasteiger partial charge < -0.3 is 0 Å². The van der Waals surface area contributed by atoms with Crippen LogP contribution in [0.2, 0.25) is 0 Å². The highest BCUT2D eigenvalue weighted by Gasteiger charge is 1.62. The van der Waals surface area contributed by atoms with Gasteiger partial charge in [-0.15, -0.1) is 16.5 Å². The molecule has 0 radical (unpaired) electrons. The Labute approximate surface area is 42.8 Å². The second kappa shape index (κ2) is 1.30. The zero-order chi connectivity index (χ0) is 5.28. The van der Waals surface area contributed by atoms with Crippen molar-refractivity contribution in [2.45, 2.75) is 0 Å². The van der Waals surface area contributed by atoms with Gasteiger partial charge in [0.2, 0.25) is 0 Å². The summed E-state index contributed by atoms with van der Waals surface area (Å²) in [4.78, 5) is 0. The quantitative estimate of drug-likeness (QED) is 0.401. The average molecular weight is 91.1 g/mol. The van der Waals surface area contributed by atoms with Crippen molar-refractivity contribution >= 4 is 13.2 Å². The minimum Gasteiger partial charge on any atom is -0.156 e. The van der Waals surface area contributed by atoms with Gasteiger partial charge in [0.1, 0.15) is 0 Å². The van der Waals surface area contributed by atoms with Gasteiger partial charge >= 0.3 is 0 Å². The molecule has 0 aromatic heterocycles. The zero-order valence-corrected chi connectivity index (χ0v) is 4.15. The highest BCUT2D eigenvalue weighted by Crippen LogP contribution is 1.59. The molecule has 0 N–H and O–H groups in total. The molecule has 0 amide bonds. The van der Waals surface area contributed by atoms with Crippen LogP contribution in [0.25, 0.3) is 13.2 Å². The second-order valence-corrected chi connectivity index (χ2v) is 1.63. The molecule has 0 saturated heterocycles. The summed E-state index contributed by atoms with van der Waals surface area (Å²) in [6.07, 6.45) is 0. The Morgan fingerprint density at radius 3 is 1.71 bits per heavy atom. The van der Waals surface area contributed by atoms with Gasteiger partial charge in [-0.2, -0.15) is 25.3 Å². The van der Waals surface area contributed by atoms with E-state index in [0.29, 0.717) is 0 Å². The molecular formula is C7H7-. The van der Waals surface area contributed by atoms with E-state index in [1.54, 1.807) is 0 Å². The summed E-state index contributed by atoms with van der Waals surface area (Å²) in [6.45, 7) is 7.40. The van der Waals surface area contributed by atoms with Gasteiger partial charge in [0.15, 0.2) is 0 Å². The molecule has 1 aromatic carbocycles. The van der Waals surface area contributed by atoms with Gasteiger partial charge in [-0.25, -0.2) is 0 Å². The largest absolute Gasteiger partial charge is 0.156 e. The van der Waals surface area contributed by atoms with Gasteiger partial charge in [0.25, 0.3) is 0 Å². The maximum absolute atomic E-state index is 3.70. The third-order valence-corrected chi connectivity index (χ3v) is 0.882. The van der Waals surface area contributed by atoms with E-state index in [1.807, 2.05) is 18.2 Å². The van der Waals surface area contributed by atoms with E-state index in [-0.39, 0.29) is 0 Å². The second-order valence-electron chi connectivity index (χ2n) is 1.63. The lowest BCUT2D eigenvalue weighted by molar-refractivity contribution is 1.80. The molecule has 0 saturated carbocycles. The van der Waals surface area contributed by atoms with Crippen LogP contribution in [0.4, 0.5) is 0 Å². The molecule has 0 fully saturated rings. The van der Waals surface area contributed by atoms with Crippen molar-refractivity contribution in [1.29, 1.82) is 0 Å². The fourth-order valence-corrected chi connectivity index (χ4v) is 0.548. The third kappa shape index (κ3) is 0.743. The van der Waals surface area contributed by atoms with Crippen molar-refractivity contribution in [1.82, 2.24) is 0 Å². The summed E-state index contributed by atoms with van der Waals surface area (Å²) in [7, 11) is 0. The predicted octanol–water partition coefficient (Wildman–Crippen LogP) is 0.226. The van der Waals surface area contributed by atoms with Crippen molar-refractivity contribution in [2.24, 2.45) is 0 Å². The van der Waals surface area contributed by atoms with Crippen molar-refractivity contribution < 1.29 is 0 Å². The van der Waals surface area contributed by atoms with Crippen LogP contribution in [0.15, 0.2) is 18.2 Å². The standard InChI is InChI=1S/C7H7/c1-6-3-4-7(2)5-6/h3-5H,1-2H2/q-1. The lowest BCUT2D eigenvalue weighted by atomic mass is 10.5. The summed E-state index contributed by atoms with van der Waals surface area (Å²) in [5.74, 6) is 0. The lowest BCUT2D eigenvalue weighted by Gasteiger charge is -1.64. The van der Waals surface area contributed by atoms with Gasteiger partial charge in [-0.3, -0.25) is 0 Å². The maximum Gasteiger partial charge on any atom is -0.129 e. The molecule has 0 unspecified atom stereocenters. The van der Waals surface area contributed by atoms with Crippen LogP contribution in [0.3, 0.4) is 0 Å². The average Bonchev–Trinajstić information content (AvgIpc) is 1.87. The smallest absolute Gasteiger partial charge is 0.129 e. The zero-order valence-electron chi connectivity index (χ0n) is 4.15. The molecular weight excluding hydrogens is 84.1 g/mol. The Kier molecular flexibility index (Phi) is 0.791. The fraction of sp³-hybridized carbons (Fsp3) is 0. The number of rotatable bonds is 0. The molecule has 7 heavy (non-hydrogen) atoms. The highest BCUT2D eigenvalue weighted by atomic mass is 13.8. The van der Waals surface area contributed by atoms with Gasteiger partial charge in [0.05, 0.1) is 0 Å². The summed E-state index contributed by atoms with van der Waals surface area (Å²) in [5, 5.41) is 2.09. The van der Waals surface area contributed by atoms with Crippen molar-refractivity contribution in [3.8, 4) is 0 Å². The summed E-state index contributed by atoms with van der Waals surface area (Å²) in [6, 6.07) is 5.84. The van der Waals surface area contributed by atoms with Gasteiger partial charge in [-0.1, -0.05) is 0 Å². The molecule has 0 aliphatic heterocycles. The molecule has 0 bridgehead atoms. The van der Waals surface area contributed by atoms with Crippen LogP contribution >= 0.6 is 0 Å². The Morgan fingerprint density at radius 2 is 1.57 bits per heavy atom. The van der Waals surface area contributed by atoms with Crippen LogP contribution in [-0.4, -0.2) is 0 Å². The van der Waals surface area contributed by atoms with Crippen LogP contribution < -0.4 is 10.4 Å². The predicted molar refractivity (Wildman–Crippen MR) is 32.3 cm³/mol. The van der Waals surface area contributed by atoms with Crippen LogP contribution in [0.5, 0.6) is 0 Å². The van der Waals surface area contributed by atoms with E-state index in [4.69, 9.17) is 0 Å². The highest BCUT2D eigenvalue weighted by molar-refractivity contribution is 5.15. The molecule has 0 aliphatic rings. The molecule has 0 heterocycles. The third-order valence-electron chi connectivity index (χ3n) is 0.882. The van der Waals surface area contributed by atoms with Crippen molar-refractivity contribution in [2.75, 3.05) is 0 Å². The topological polar surface area (TPSA) is 0 Å². The normalized spacial score (nSPS) is 9.14. The first-order valence-corrected chi connectivity index (χ1v) is 2.20. The molecule has 0 heteroatoms. The first-order valence-electron chi connectivity index (χ1n) is 2.20. The molecule has 0 spiro atoms. The lowest BCUT2D eigenvalue weighted by Crippen LogP contribution is -1.92. The summed E-state index contributed by atoms with van der Waals surface area (Å²) in [5.41, 5.74) is 0. The minimum absolute atomic E-state index is 1.05. The van der Waals surface area contributed by atoms with Crippen molar-refractivity contribution in [3.63, 3.8) is 0 Å². The fourth-order valence-electron chi connectivity index (χ4n) is 0.548. The monoisotopic (exact) mass is 91.1 g/mol. The molecule has 0 aliphatic carbocycles. The summed E-state index contributed by atoms with van der Waals surface area (Å²) < 4.78 is 0. The Morgan fingerprint density at radius 1 is 1.14 bits per heavy atom. The molecule has 0 nitrogen and oxygen atoms in total. The van der Waals surface area contributed by atoms with E-state index in [0.717, 1.165) is 10.4 Å². The number of hydrogen-bond donors (Lipinski definition) is 0. The maximum atomic E-state index is 3.70. The number of hydrogen-bond acceptors (Lipinski definition) is 0. The Hall–Kier alpha value is -0.910. The van der Waals surface area contributed by atoms with Crippen LogP contribution in [0.1, 0.15) is 0 Å². The first-order chi connectivity index (χ1) is 3.29. The first kappa shape index (κ1) is 4.25. The Bertz CT molecular complexity index is 204. The minimum atomic E-state index is 1.05. The van der Waals surface area contributed by atoms with Gasteiger partial charge in [-0.05, 0) is 0 Å². The van der Waals surface area contributed by atoms with Crippen LogP contribution in [-0.2, 0) is 0 Å². The van der Waals surface area contributed by atoms with Gasteiger partial charge in [0, 0.05) is 0 Å². The SMILES string of the molecule is C=c1ccc(=C)[cH-]1. The molecule has 0 atom stereocenters. The van der Waals surface area contributed by atoms with Crippen LogP contribution in [0, 0.1) is 0 Å². The summed E-state index contributed by atoms with van der Waals surface area (Å²) >= 11 is 0. The molecule has 36 valence electrons.